The summed E-state index contributed by atoms with van der Waals surface area (Å²) in [6.07, 6.45) is 1.79. The molecule has 0 saturated carbocycles. The molecule has 1 heterocycles. The molecule has 5 nitrogen and oxygen atoms in total. The summed E-state index contributed by atoms with van der Waals surface area (Å²) in [7, 11) is 0. The lowest BCUT2D eigenvalue weighted by Gasteiger charge is -2.31. The Morgan fingerprint density at radius 3 is 2.67 bits per heavy atom. The number of hydrogen-bond acceptors (Lipinski definition) is 4. The van der Waals surface area contributed by atoms with Gasteiger partial charge >= 0.3 is 0 Å². The van der Waals surface area contributed by atoms with Crippen LogP contribution in [0.4, 0.5) is 0 Å². The van der Waals surface area contributed by atoms with Crippen LogP contribution in [0.25, 0.3) is 0 Å². The maximum Gasteiger partial charge on any atom is 0.223 e. The third kappa shape index (κ3) is 5.83. The van der Waals surface area contributed by atoms with Crippen LogP contribution in [0.5, 0.6) is 5.75 Å². The van der Waals surface area contributed by atoms with Crippen LogP contribution in [0, 0.1) is 17.2 Å². The third-order valence-corrected chi connectivity index (χ3v) is 4.84. The van der Waals surface area contributed by atoms with Crippen LogP contribution in [0.3, 0.4) is 0 Å². The van der Waals surface area contributed by atoms with Crippen LogP contribution < -0.4 is 10.1 Å². The second kappa shape index (κ2) is 9.75. The molecule has 5 heteroatoms. The Kier molecular flexibility index (Phi) is 6.84. The molecule has 140 valence electrons. The predicted molar refractivity (Wildman–Crippen MR) is 104 cm³/mol. The zero-order valence-electron chi connectivity index (χ0n) is 15.4. The van der Waals surface area contributed by atoms with E-state index in [0.29, 0.717) is 24.5 Å². The Balaban J connectivity index is 1.34. The predicted octanol–water partition coefficient (Wildman–Crippen LogP) is 2.97. The van der Waals surface area contributed by atoms with Gasteiger partial charge in [0, 0.05) is 12.5 Å². The van der Waals surface area contributed by atoms with Crippen molar-refractivity contribution in [3.05, 3.63) is 65.7 Å². The van der Waals surface area contributed by atoms with Gasteiger partial charge in [0.25, 0.3) is 0 Å². The van der Waals surface area contributed by atoms with E-state index in [0.717, 1.165) is 32.5 Å². The van der Waals surface area contributed by atoms with E-state index in [4.69, 9.17) is 10.00 Å². The summed E-state index contributed by atoms with van der Waals surface area (Å²) >= 11 is 0. The van der Waals surface area contributed by atoms with Gasteiger partial charge in [0.15, 0.2) is 0 Å². The Bertz CT molecular complexity index is 778. The molecular weight excluding hydrogens is 338 g/mol. The molecule has 0 unspecified atom stereocenters. The average molecular weight is 363 g/mol. The molecule has 2 aromatic carbocycles. The minimum atomic E-state index is 0.0824. The van der Waals surface area contributed by atoms with Crippen LogP contribution in [0.15, 0.2) is 54.6 Å². The second-order valence-corrected chi connectivity index (χ2v) is 6.82. The van der Waals surface area contributed by atoms with E-state index in [-0.39, 0.29) is 11.8 Å². The summed E-state index contributed by atoms with van der Waals surface area (Å²) in [5, 5.41) is 11.9. The van der Waals surface area contributed by atoms with Gasteiger partial charge in [-0.1, -0.05) is 36.4 Å². The van der Waals surface area contributed by atoms with Gasteiger partial charge in [0.2, 0.25) is 5.91 Å². The quantitative estimate of drug-likeness (QED) is 0.768. The number of nitrogens with one attached hydrogen (secondary N) is 1. The minimum Gasteiger partial charge on any atom is -0.492 e. The van der Waals surface area contributed by atoms with Crippen LogP contribution in [-0.4, -0.2) is 37.0 Å². The summed E-state index contributed by atoms with van der Waals surface area (Å²) in [6, 6.07) is 19.6. The third-order valence-electron chi connectivity index (χ3n) is 4.84. The second-order valence-electron chi connectivity index (χ2n) is 6.82. The molecule has 3 rings (SSSR count). The van der Waals surface area contributed by atoms with Gasteiger partial charge in [0.1, 0.15) is 12.4 Å². The lowest BCUT2D eigenvalue weighted by Crippen LogP contribution is -2.41. The van der Waals surface area contributed by atoms with Gasteiger partial charge in [-0.2, -0.15) is 5.26 Å². The Labute approximate surface area is 160 Å². The number of nitrogens with zero attached hydrogens (tertiary/aromatic N) is 2. The maximum atomic E-state index is 12.3. The molecule has 2 aromatic rings. The molecule has 1 aliphatic heterocycles. The molecule has 0 spiro atoms. The van der Waals surface area contributed by atoms with Crippen molar-refractivity contribution < 1.29 is 9.53 Å². The molecule has 27 heavy (non-hydrogen) atoms. The zero-order chi connectivity index (χ0) is 18.9. The summed E-state index contributed by atoms with van der Waals surface area (Å²) in [5.41, 5.74) is 1.89. The molecule has 0 aromatic heterocycles. The van der Waals surface area contributed by atoms with Crippen LogP contribution >= 0.6 is 0 Å². The summed E-state index contributed by atoms with van der Waals surface area (Å²) in [5.74, 6) is 0.847. The number of rotatable bonds is 7. The number of hydrogen-bond donors (Lipinski definition) is 1. The first-order valence-electron chi connectivity index (χ1n) is 9.41. The molecule has 1 saturated heterocycles. The minimum absolute atomic E-state index is 0.0824. The Morgan fingerprint density at radius 1 is 1.15 bits per heavy atom. The number of nitriles is 1. The largest absolute Gasteiger partial charge is 0.492 e. The standard InChI is InChI=1S/C22H25N3O2/c23-16-19-7-4-8-21(15-19)27-14-11-24-22(26)20-9-12-25(13-10-20)17-18-5-2-1-3-6-18/h1-8,15,20H,9-14,17H2,(H,24,26). The Hall–Kier alpha value is -2.84. The molecule has 0 radical (unpaired) electrons. The van der Waals surface area contributed by atoms with Gasteiger partial charge in [0.05, 0.1) is 18.2 Å². The highest BCUT2D eigenvalue weighted by Crippen LogP contribution is 2.19. The van der Waals surface area contributed by atoms with Gasteiger partial charge < -0.3 is 10.1 Å². The Morgan fingerprint density at radius 2 is 1.93 bits per heavy atom. The first kappa shape index (κ1) is 18.9. The van der Waals surface area contributed by atoms with Crippen molar-refractivity contribution in [1.82, 2.24) is 10.2 Å². The van der Waals surface area contributed by atoms with E-state index in [1.54, 1.807) is 18.2 Å². The smallest absolute Gasteiger partial charge is 0.223 e. The molecule has 0 aliphatic carbocycles. The van der Waals surface area contributed by atoms with Gasteiger partial charge in [-0.05, 0) is 49.7 Å². The number of likely N-dealkylation sites (tertiary alicyclic amines) is 1. The van der Waals surface area contributed by atoms with Gasteiger partial charge in [-0.25, -0.2) is 0 Å². The van der Waals surface area contributed by atoms with Crippen molar-refractivity contribution in [2.24, 2.45) is 5.92 Å². The number of ether oxygens (including phenoxy) is 1. The lowest BCUT2D eigenvalue weighted by molar-refractivity contribution is -0.126. The summed E-state index contributed by atoms with van der Waals surface area (Å²) in [6.45, 7) is 3.72. The van der Waals surface area contributed by atoms with Crippen molar-refractivity contribution >= 4 is 5.91 Å². The van der Waals surface area contributed by atoms with Crippen LogP contribution in [-0.2, 0) is 11.3 Å². The molecular formula is C22H25N3O2. The van der Waals surface area contributed by atoms with Crippen molar-refractivity contribution in [2.45, 2.75) is 19.4 Å². The summed E-state index contributed by atoms with van der Waals surface area (Å²) < 4.78 is 5.60. The SMILES string of the molecule is N#Cc1cccc(OCCNC(=O)C2CCN(Cc3ccccc3)CC2)c1. The van der Waals surface area contributed by atoms with Crippen LogP contribution in [0.2, 0.25) is 0 Å². The first-order valence-corrected chi connectivity index (χ1v) is 9.41. The number of carbonyl (C=O) groups excluding carboxylic acids is 1. The fourth-order valence-corrected chi connectivity index (χ4v) is 3.34. The number of piperidine rings is 1. The summed E-state index contributed by atoms with van der Waals surface area (Å²) in [4.78, 5) is 14.8. The van der Waals surface area contributed by atoms with E-state index >= 15 is 0 Å². The number of amides is 1. The normalized spacial score (nSPS) is 15.1. The molecule has 1 amide bonds. The molecule has 1 aliphatic rings. The van der Waals surface area contributed by atoms with E-state index in [1.165, 1.54) is 5.56 Å². The first-order chi connectivity index (χ1) is 13.2. The fraction of sp³-hybridized carbons (Fsp3) is 0.364. The van der Waals surface area contributed by atoms with Crippen LogP contribution in [0.1, 0.15) is 24.0 Å². The molecule has 0 atom stereocenters. The van der Waals surface area contributed by atoms with Gasteiger partial charge in [-0.3, -0.25) is 9.69 Å². The van der Waals surface area contributed by atoms with Crippen molar-refractivity contribution in [3.63, 3.8) is 0 Å². The molecule has 0 bridgehead atoms. The van der Waals surface area contributed by atoms with E-state index in [9.17, 15) is 4.79 Å². The van der Waals surface area contributed by atoms with E-state index in [1.807, 2.05) is 12.1 Å². The average Bonchev–Trinajstić information content (AvgIpc) is 2.72. The molecule has 1 N–H and O–H groups in total. The highest BCUT2D eigenvalue weighted by molar-refractivity contribution is 5.78. The lowest BCUT2D eigenvalue weighted by atomic mass is 9.95. The fourth-order valence-electron chi connectivity index (χ4n) is 3.34. The van der Waals surface area contributed by atoms with E-state index < -0.39 is 0 Å². The number of benzene rings is 2. The van der Waals surface area contributed by atoms with Crippen molar-refractivity contribution in [3.8, 4) is 11.8 Å². The zero-order valence-corrected chi connectivity index (χ0v) is 15.4. The highest BCUT2D eigenvalue weighted by atomic mass is 16.5. The van der Waals surface area contributed by atoms with E-state index in [2.05, 4.69) is 40.6 Å². The van der Waals surface area contributed by atoms with Crippen molar-refractivity contribution in [2.75, 3.05) is 26.2 Å². The monoisotopic (exact) mass is 363 g/mol. The maximum absolute atomic E-state index is 12.3. The van der Waals surface area contributed by atoms with Crippen molar-refractivity contribution in [1.29, 1.82) is 5.26 Å². The number of carbonyl (C=O) groups is 1. The molecule has 1 fully saturated rings. The highest BCUT2D eigenvalue weighted by Gasteiger charge is 2.24. The topological polar surface area (TPSA) is 65.4 Å². The van der Waals surface area contributed by atoms with Gasteiger partial charge in [-0.15, -0.1) is 0 Å².